The normalized spacial score (nSPS) is 16.4. The Morgan fingerprint density at radius 3 is 2.19 bits per heavy atom. The summed E-state index contributed by atoms with van der Waals surface area (Å²) in [5.41, 5.74) is -0.371. The summed E-state index contributed by atoms with van der Waals surface area (Å²) in [5.74, 6) is -1.20. The molecule has 1 atom stereocenters. The van der Waals surface area contributed by atoms with Gasteiger partial charge in [-0.05, 0) is 67.3 Å². The van der Waals surface area contributed by atoms with Crippen LogP contribution < -0.4 is 5.32 Å². The number of aryl methyl sites for hydroxylation is 2. The number of hydrogen-bond donors (Lipinski definition) is 1. The average Bonchev–Trinajstić information content (AvgIpc) is 2.94. The molecule has 0 bridgehead atoms. The lowest BCUT2D eigenvalue weighted by Crippen LogP contribution is -2.57. The number of carbonyl (C=O) groups is 2. The summed E-state index contributed by atoms with van der Waals surface area (Å²) in [6.07, 6.45) is -6.79. The summed E-state index contributed by atoms with van der Waals surface area (Å²) in [7, 11) is 0. The number of rotatable bonds is 7. The monoisotopic (exact) mass is 592 g/mol. The Bertz CT molecular complexity index is 1390. The van der Waals surface area contributed by atoms with E-state index in [-0.39, 0.29) is 18.5 Å². The third kappa shape index (κ3) is 7.67. The van der Waals surface area contributed by atoms with Gasteiger partial charge in [0.05, 0.1) is 16.7 Å². The standard InChI is InChI=1S/C30H30F6N4O2/c1-19-5-6-21(12-20(19)2)13-26-18-39(9-8-38-27(41)22-4-3-7-37-17-22)10-11-40(26)28(42)23-14-24(29(31,32)33)16-25(15-23)30(34,35)36/h3-7,12,14-17,26H,8-11,13,18H2,1-2H3,(H,38,41)/t26-/m1/s1. The van der Waals surface area contributed by atoms with E-state index in [1.807, 2.05) is 36.9 Å². The highest BCUT2D eigenvalue weighted by Gasteiger charge is 2.39. The van der Waals surface area contributed by atoms with Crippen LogP contribution in [0.1, 0.15) is 48.5 Å². The predicted octanol–water partition coefficient (Wildman–Crippen LogP) is 5.54. The van der Waals surface area contributed by atoms with Crippen LogP contribution in [-0.2, 0) is 18.8 Å². The van der Waals surface area contributed by atoms with E-state index in [4.69, 9.17) is 0 Å². The molecule has 1 aliphatic heterocycles. The minimum atomic E-state index is -5.06. The maximum absolute atomic E-state index is 13.6. The van der Waals surface area contributed by atoms with Gasteiger partial charge < -0.3 is 10.2 Å². The molecule has 1 N–H and O–H groups in total. The number of aromatic nitrogens is 1. The highest BCUT2D eigenvalue weighted by atomic mass is 19.4. The Morgan fingerprint density at radius 2 is 1.60 bits per heavy atom. The quantitative estimate of drug-likeness (QED) is 0.367. The van der Waals surface area contributed by atoms with Gasteiger partial charge in [-0.15, -0.1) is 0 Å². The Kier molecular flexibility index (Phi) is 9.24. The third-order valence-electron chi connectivity index (χ3n) is 7.34. The Hall–Kier alpha value is -3.93. The van der Waals surface area contributed by atoms with E-state index < -0.39 is 41.0 Å². The highest BCUT2D eigenvalue weighted by Crippen LogP contribution is 2.37. The summed E-state index contributed by atoms with van der Waals surface area (Å²) in [6.45, 7) is 5.32. The summed E-state index contributed by atoms with van der Waals surface area (Å²) in [5, 5.41) is 2.81. The molecule has 1 aromatic heterocycles. The molecule has 0 unspecified atom stereocenters. The van der Waals surface area contributed by atoms with Crippen LogP contribution in [-0.4, -0.2) is 65.4 Å². The Labute approximate surface area is 239 Å². The first-order valence-electron chi connectivity index (χ1n) is 13.3. The van der Waals surface area contributed by atoms with Crippen molar-refractivity contribution in [2.45, 2.75) is 38.7 Å². The van der Waals surface area contributed by atoms with E-state index in [1.54, 1.807) is 18.3 Å². The zero-order valence-corrected chi connectivity index (χ0v) is 23.0. The Morgan fingerprint density at radius 1 is 0.905 bits per heavy atom. The van der Waals surface area contributed by atoms with Gasteiger partial charge in [0.1, 0.15) is 0 Å². The highest BCUT2D eigenvalue weighted by molar-refractivity contribution is 5.95. The van der Waals surface area contributed by atoms with Crippen molar-refractivity contribution in [1.82, 2.24) is 20.1 Å². The first kappa shape index (κ1) is 31.0. The van der Waals surface area contributed by atoms with Crippen LogP contribution in [0.5, 0.6) is 0 Å². The van der Waals surface area contributed by atoms with Gasteiger partial charge in [0.25, 0.3) is 11.8 Å². The molecule has 0 aliphatic carbocycles. The fourth-order valence-corrected chi connectivity index (χ4v) is 4.94. The second kappa shape index (κ2) is 12.5. The van der Waals surface area contributed by atoms with Gasteiger partial charge in [-0.2, -0.15) is 26.3 Å². The molecule has 3 aromatic rings. The number of halogens is 6. The smallest absolute Gasteiger partial charge is 0.351 e. The fourth-order valence-electron chi connectivity index (χ4n) is 4.94. The van der Waals surface area contributed by atoms with Crippen LogP contribution in [0, 0.1) is 13.8 Å². The predicted molar refractivity (Wildman–Crippen MR) is 144 cm³/mol. The van der Waals surface area contributed by atoms with Crippen LogP contribution >= 0.6 is 0 Å². The molecular weight excluding hydrogens is 562 g/mol. The third-order valence-corrected chi connectivity index (χ3v) is 7.34. The van der Waals surface area contributed by atoms with Crippen molar-refractivity contribution in [3.8, 4) is 0 Å². The summed E-state index contributed by atoms with van der Waals surface area (Å²) >= 11 is 0. The van der Waals surface area contributed by atoms with E-state index in [1.165, 1.54) is 11.1 Å². The summed E-state index contributed by atoms with van der Waals surface area (Å²) in [4.78, 5) is 33.2. The molecule has 2 heterocycles. The molecule has 0 saturated carbocycles. The molecular formula is C30H30F6N4O2. The van der Waals surface area contributed by atoms with Gasteiger partial charge >= 0.3 is 12.4 Å². The first-order valence-corrected chi connectivity index (χ1v) is 13.3. The SMILES string of the molecule is Cc1ccc(C[C@@H]2CN(CCNC(=O)c3cccnc3)CCN2C(=O)c2cc(C(F)(F)F)cc(C(F)(F)F)c2)cc1C. The number of amides is 2. The van der Waals surface area contributed by atoms with Crippen LogP contribution in [0.15, 0.2) is 60.9 Å². The van der Waals surface area contributed by atoms with Crippen LogP contribution in [0.3, 0.4) is 0 Å². The van der Waals surface area contributed by atoms with Gasteiger partial charge in [0, 0.05) is 56.7 Å². The van der Waals surface area contributed by atoms with Crippen LogP contribution in [0.2, 0.25) is 0 Å². The van der Waals surface area contributed by atoms with Crippen molar-refractivity contribution in [3.63, 3.8) is 0 Å². The minimum absolute atomic E-state index is 0.0150. The lowest BCUT2D eigenvalue weighted by atomic mass is 9.97. The number of alkyl halides is 6. The number of nitrogens with one attached hydrogen (secondary N) is 1. The Balaban J connectivity index is 1.56. The van der Waals surface area contributed by atoms with Crippen molar-refractivity contribution >= 4 is 11.8 Å². The number of hydrogen-bond acceptors (Lipinski definition) is 4. The van der Waals surface area contributed by atoms with Crippen LogP contribution in [0.4, 0.5) is 26.3 Å². The summed E-state index contributed by atoms with van der Waals surface area (Å²) in [6, 6.07) is 9.48. The number of piperazine rings is 1. The maximum atomic E-state index is 13.6. The maximum Gasteiger partial charge on any atom is 0.416 e. The zero-order valence-electron chi connectivity index (χ0n) is 23.0. The van der Waals surface area contributed by atoms with Crippen molar-refractivity contribution in [3.05, 3.63) is 99.9 Å². The zero-order chi connectivity index (χ0) is 30.7. The van der Waals surface area contributed by atoms with E-state index >= 15 is 0 Å². The molecule has 1 aliphatic rings. The minimum Gasteiger partial charge on any atom is -0.351 e. The summed E-state index contributed by atoms with van der Waals surface area (Å²) < 4.78 is 80.9. The van der Waals surface area contributed by atoms with Gasteiger partial charge in [0.2, 0.25) is 0 Å². The number of pyridine rings is 1. The fraction of sp³-hybridized carbons (Fsp3) is 0.367. The first-order chi connectivity index (χ1) is 19.7. The molecule has 2 aromatic carbocycles. The van der Waals surface area contributed by atoms with Gasteiger partial charge in [0.15, 0.2) is 0 Å². The van der Waals surface area contributed by atoms with E-state index in [9.17, 15) is 35.9 Å². The molecule has 12 heteroatoms. The second-order valence-electron chi connectivity index (χ2n) is 10.4. The molecule has 2 amide bonds. The van der Waals surface area contributed by atoms with E-state index in [2.05, 4.69) is 10.3 Å². The lowest BCUT2D eigenvalue weighted by molar-refractivity contribution is -0.143. The molecule has 0 spiro atoms. The molecule has 42 heavy (non-hydrogen) atoms. The number of carbonyl (C=O) groups excluding carboxylic acids is 2. The van der Waals surface area contributed by atoms with E-state index in [0.29, 0.717) is 50.3 Å². The van der Waals surface area contributed by atoms with Gasteiger partial charge in [-0.3, -0.25) is 19.5 Å². The molecule has 0 radical (unpaired) electrons. The number of benzene rings is 2. The van der Waals surface area contributed by atoms with E-state index in [0.717, 1.165) is 16.7 Å². The van der Waals surface area contributed by atoms with Crippen molar-refractivity contribution in [1.29, 1.82) is 0 Å². The molecule has 224 valence electrons. The molecule has 1 saturated heterocycles. The molecule has 1 fully saturated rings. The number of nitrogens with zero attached hydrogens (tertiary/aromatic N) is 3. The van der Waals surface area contributed by atoms with Gasteiger partial charge in [-0.25, -0.2) is 0 Å². The van der Waals surface area contributed by atoms with Crippen molar-refractivity contribution in [2.75, 3.05) is 32.7 Å². The second-order valence-corrected chi connectivity index (χ2v) is 10.4. The van der Waals surface area contributed by atoms with Crippen LogP contribution in [0.25, 0.3) is 0 Å². The molecule has 4 rings (SSSR count). The van der Waals surface area contributed by atoms with Crippen molar-refractivity contribution < 1.29 is 35.9 Å². The van der Waals surface area contributed by atoms with Gasteiger partial charge in [-0.1, -0.05) is 18.2 Å². The topological polar surface area (TPSA) is 65.5 Å². The largest absolute Gasteiger partial charge is 0.416 e. The van der Waals surface area contributed by atoms with Crippen molar-refractivity contribution in [2.24, 2.45) is 0 Å². The molecule has 6 nitrogen and oxygen atoms in total. The lowest BCUT2D eigenvalue weighted by Gasteiger charge is -2.42. The average molecular weight is 593 g/mol.